The van der Waals surface area contributed by atoms with Gasteiger partial charge in [0.25, 0.3) is 0 Å². The number of furan rings is 1. The van der Waals surface area contributed by atoms with E-state index in [1.807, 2.05) is 0 Å². The molecule has 2 unspecified atom stereocenters. The molecule has 0 fully saturated rings. The zero-order valence-corrected chi connectivity index (χ0v) is 22.9. The molecule has 9 heteroatoms. The van der Waals surface area contributed by atoms with Gasteiger partial charge in [0.15, 0.2) is 13.8 Å². The van der Waals surface area contributed by atoms with Crippen molar-refractivity contribution in [3.63, 3.8) is 0 Å². The minimum Gasteiger partial charge on any atom is -0.474 e. The van der Waals surface area contributed by atoms with E-state index in [2.05, 4.69) is 58.5 Å². The van der Waals surface area contributed by atoms with Crippen molar-refractivity contribution in [3.8, 4) is 0 Å². The van der Waals surface area contributed by atoms with Crippen LogP contribution in [0.25, 0.3) is 0 Å². The third kappa shape index (κ3) is 7.60. The molecule has 30 heavy (non-hydrogen) atoms. The predicted octanol–water partition coefficient (Wildman–Crippen LogP) is 4.04. The fraction of sp³-hybridized carbons (Fsp3) is 0.810. The van der Waals surface area contributed by atoms with Gasteiger partial charge in [-0.25, -0.2) is 13.1 Å². The van der Waals surface area contributed by atoms with Gasteiger partial charge in [0.05, 0.1) is 17.8 Å². The molecule has 0 aliphatic heterocycles. The van der Waals surface area contributed by atoms with E-state index in [1.165, 1.54) is 0 Å². The van der Waals surface area contributed by atoms with Gasteiger partial charge in [-0.3, -0.25) is 0 Å². The summed E-state index contributed by atoms with van der Waals surface area (Å²) in [6, 6.07) is 6.43. The third-order valence-corrected chi connectivity index (χ3v) is 15.9. The maximum atomic E-state index is 12.5. The van der Waals surface area contributed by atoms with Crippen molar-refractivity contribution in [2.75, 3.05) is 6.54 Å². The summed E-state index contributed by atoms with van der Waals surface area (Å²) in [5.41, 5.74) is -0.596. The van der Waals surface area contributed by atoms with Crippen LogP contribution in [0.2, 0.25) is 37.3 Å². The average molecular weight is 478 g/mol. The normalized spacial score (nSPS) is 15.5. The summed E-state index contributed by atoms with van der Waals surface area (Å²) >= 11 is 0. The van der Waals surface area contributed by atoms with E-state index >= 15 is 0 Å². The van der Waals surface area contributed by atoms with Gasteiger partial charge < -0.3 is 13.9 Å². The molecule has 0 saturated heterocycles. The Balaban J connectivity index is 2.67. The van der Waals surface area contributed by atoms with Gasteiger partial charge >= 0.3 is 0 Å². The Morgan fingerprint density at radius 1 is 1.13 bits per heavy atom. The number of aliphatic hydroxyl groups is 1. The lowest BCUT2D eigenvalue weighted by Gasteiger charge is -2.31. The van der Waals surface area contributed by atoms with E-state index in [1.54, 1.807) is 13.2 Å². The van der Waals surface area contributed by atoms with E-state index < -0.39 is 38.0 Å². The minimum absolute atomic E-state index is 0.219. The Labute approximate surface area is 186 Å². The van der Waals surface area contributed by atoms with Crippen LogP contribution in [0.3, 0.4) is 0 Å². The van der Waals surface area contributed by atoms with Gasteiger partial charge in [0.1, 0.15) is 8.07 Å². The minimum atomic E-state index is -3.89. The Kier molecular flexibility index (Phi) is 10.5. The van der Waals surface area contributed by atoms with Crippen molar-refractivity contribution in [2.24, 2.45) is 5.92 Å². The smallest absolute Gasteiger partial charge is 0.241 e. The molecule has 0 aliphatic rings. The molecular formula is C21H43NO5SSi2. The van der Waals surface area contributed by atoms with Crippen molar-refractivity contribution in [1.29, 1.82) is 0 Å². The second-order valence-electron chi connectivity index (χ2n) is 9.42. The molecule has 1 aromatic heterocycles. The summed E-state index contributed by atoms with van der Waals surface area (Å²) in [6.07, 6.45) is 1.50. The highest BCUT2D eigenvalue weighted by atomic mass is 32.2. The SMILES string of the molecule is CC[Si](CC)(CC)c1cc(CCNS(=O)(=O)C(O)C(C)O[Si](C)(C)CC(C)C)co1. The highest BCUT2D eigenvalue weighted by Gasteiger charge is 2.35. The topological polar surface area (TPSA) is 88.8 Å². The molecule has 0 aromatic carbocycles. The van der Waals surface area contributed by atoms with Crippen LogP contribution in [0.1, 0.15) is 47.1 Å². The summed E-state index contributed by atoms with van der Waals surface area (Å²) in [7, 11) is -7.50. The van der Waals surface area contributed by atoms with Crippen LogP contribution in [0.15, 0.2) is 16.7 Å². The van der Waals surface area contributed by atoms with Crippen LogP contribution in [0.4, 0.5) is 0 Å². The Morgan fingerprint density at radius 3 is 2.20 bits per heavy atom. The number of hydrogen-bond donors (Lipinski definition) is 2. The number of nitrogens with one attached hydrogen (secondary N) is 1. The first-order chi connectivity index (χ1) is 13.8. The zero-order valence-electron chi connectivity index (χ0n) is 20.1. The van der Waals surface area contributed by atoms with Gasteiger partial charge in [0, 0.05) is 6.54 Å². The summed E-state index contributed by atoms with van der Waals surface area (Å²) < 4.78 is 39.5. The number of aliphatic hydroxyl groups excluding tert-OH is 1. The fourth-order valence-corrected chi connectivity index (χ4v) is 12.1. The number of rotatable bonds is 14. The Hall–Kier alpha value is -0.456. The van der Waals surface area contributed by atoms with Crippen molar-refractivity contribution in [2.45, 2.75) is 96.8 Å². The molecule has 1 aromatic rings. The molecule has 2 N–H and O–H groups in total. The standard InChI is InChI=1S/C21H43NO5SSi2/c1-9-30(10-2,11-3)20-14-19(15-26-20)12-13-22-28(24,25)21(23)18(6)27-29(7,8)16-17(4)5/h14-15,17-18,21-23H,9-13,16H2,1-8H3. The van der Waals surface area contributed by atoms with Crippen LogP contribution in [0, 0.1) is 5.92 Å². The monoisotopic (exact) mass is 477 g/mol. The summed E-state index contributed by atoms with van der Waals surface area (Å²) in [4.78, 5) is 0. The molecule has 6 nitrogen and oxygen atoms in total. The van der Waals surface area contributed by atoms with Crippen molar-refractivity contribution in [1.82, 2.24) is 4.72 Å². The lowest BCUT2D eigenvalue weighted by Crippen LogP contribution is -2.47. The van der Waals surface area contributed by atoms with E-state index in [-0.39, 0.29) is 6.54 Å². The van der Waals surface area contributed by atoms with Gasteiger partial charge in [-0.2, -0.15) is 0 Å². The van der Waals surface area contributed by atoms with Crippen molar-refractivity contribution >= 4 is 31.8 Å². The summed E-state index contributed by atoms with van der Waals surface area (Å²) in [5, 5.41) is 11.5. The average Bonchev–Trinajstić information content (AvgIpc) is 3.10. The zero-order chi connectivity index (χ0) is 23.2. The van der Waals surface area contributed by atoms with Gasteiger partial charge in [-0.05, 0) is 50.0 Å². The molecular weight excluding hydrogens is 434 g/mol. The Morgan fingerprint density at radius 2 is 1.70 bits per heavy atom. The van der Waals surface area contributed by atoms with Gasteiger partial charge in [0.2, 0.25) is 10.0 Å². The van der Waals surface area contributed by atoms with Gasteiger partial charge in [-0.15, -0.1) is 0 Å². The maximum absolute atomic E-state index is 12.5. The number of sulfonamides is 1. The van der Waals surface area contributed by atoms with E-state index in [4.69, 9.17) is 8.84 Å². The quantitative estimate of drug-likeness (QED) is 0.395. The molecule has 2 atom stereocenters. The van der Waals surface area contributed by atoms with Crippen LogP contribution < -0.4 is 10.1 Å². The lowest BCUT2D eigenvalue weighted by molar-refractivity contribution is 0.0910. The largest absolute Gasteiger partial charge is 0.474 e. The maximum Gasteiger partial charge on any atom is 0.241 e. The molecule has 0 spiro atoms. The summed E-state index contributed by atoms with van der Waals surface area (Å²) in [6.45, 7) is 16.9. The summed E-state index contributed by atoms with van der Waals surface area (Å²) in [5.74, 6) is 0.473. The molecule has 176 valence electrons. The van der Waals surface area contributed by atoms with Crippen LogP contribution in [0.5, 0.6) is 0 Å². The molecule has 0 saturated carbocycles. The highest BCUT2D eigenvalue weighted by molar-refractivity contribution is 7.90. The lowest BCUT2D eigenvalue weighted by atomic mass is 10.2. The van der Waals surface area contributed by atoms with Crippen LogP contribution >= 0.6 is 0 Å². The molecule has 1 rings (SSSR count). The van der Waals surface area contributed by atoms with E-state index in [0.717, 1.165) is 35.1 Å². The third-order valence-electron chi connectivity index (χ3n) is 6.05. The second-order valence-corrected chi connectivity index (χ2v) is 20.6. The molecule has 0 bridgehead atoms. The molecule has 1 heterocycles. The van der Waals surface area contributed by atoms with E-state index in [0.29, 0.717) is 12.3 Å². The Bertz CT molecular complexity index is 736. The van der Waals surface area contributed by atoms with Crippen LogP contribution in [-0.2, 0) is 20.9 Å². The predicted molar refractivity (Wildman–Crippen MR) is 130 cm³/mol. The van der Waals surface area contributed by atoms with Crippen LogP contribution in [-0.4, -0.2) is 48.0 Å². The number of hydrogen-bond acceptors (Lipinski definition) is 5. The second kappa shape index (κ2) is 11.4. The first kappa shape index (κ1) is 27.6. The highest BCUT2D eigenvalue weighted by Crippen LogP contribution is 2.22. The fourth-order valence-electron chi connectivity index (χ4n) is 4.33. The molecule has 0 aliphatic carbocycles. The molecule has 0 amide bonds. The first-order valence-corrected chi connectivity index (χ1v) is 18.5. The first-order valence-electron chi connectivity index (χ1n) is 11.2. The van der Waals surface area contributed by atoms with Gasteiger partial charge in [-0.1, -0.05) is 52.8 Å². The van der Waals surface area contributed by atoms with Crippen molar-refractivity contribution < 1.29 is 22.4 Å². The van der Waals surface area contributed by atoms with E-state index in [9.17, 15) is 13.5 Å². The molecule has 0 radical (unpaired) electrons. The van der Waals surface area contributed by atoms with Crippen molar-refractivity contribution in [3.05, 3.63) is 17.9 Å².